The molecular weight excluding hydrogens is 605 g/mol. The molecule has 0 radical (unpaired) electrons. The van der Waals surface area contributed by atoms with Crippen LogP contribution in [0.3, 0.4) is 0 Å². The zero-order valence-electron chi connectivity index (χ0n) is 23.1. The van der Waals surface area contributed by atoms with Crippen LogP contribution in [0.2, 0.25) is 5.02 Å². The Balaban J connectivity index is 1.21. The number of carbonyl (C=O) groups is 1. The molecular formula is C29H32ClF3N6O3S. The molecule has 1 aliphatic carbocycles. The van der Waals surface area contributed by atoms with Gasteiger partial charge in [0, 0.05) is 66.3 Å². The molecule has 5 rings (SSSR count). The van der Waals surface area contributed by atoms with Crippen molar-refractivity contribution >= 4 is 46.5 Å². The SMILES string of the molecule is O=C(Nc1cc(Nc2cc(-c3cc(Cl)ccc3F)nnc2SCCO)ccn1)C1CC(CN2CCC(F)(F)C(CO)C2)C1. The Morgan fingerprint density at radius 2 is 1.98 bits per heavy atom. The van der Waals surface area contributed by atoms with E-state index in [2.05, 4.69) is 25.8 Å². The topological polar surface area (TPSA) is 124 Å². The molecule has 230 valence electrons. The minimum Gasteiger partial charge on any atom is -0.396 e. The predicted molar refractivity (Wildman–Crippen MR) is 159 cm³/mol. The number of likely N-dealkylation sites (tertiary alicyclic amines) is 1. The fraction of sp³-hybridized carbons (Fsp3) is 0.448. The summed E-state index contributed by atoms with van der Waals surface area (Å²) in [5.41, 5.74) is 1.57. The molecule has 1 atom stereocenters. The zero-order valence-corrected chi connectivity index (χ0v) is 24.7. The lowest BCUT2D eigenvalue weighted by Crippen LogP contribution is -2.51. The van der Waals surface area contributed by atoms with E-state index in [1.54, 1.807) is 18.2 Å². The summed E-state index contributed by atoms with van der Waals surface area (Å²) in [6.07, 6.45) is 2.58. The molecule has 2 fully saturated rings. The highest BCUT2D eigenvalue weighted by Crippen LogP contribution is 2.38. The molecule has 3 aromatic rings. The molecule has 0 spiro atoms. The van der Waals surface area contributed by atoms with Gasteiger partial charge in [0.05, 0.1) is 30.5 Å². The first kappa shape index (κ1) is 31.5. The van der Waals surface area contributed by atoms with Crippen LogP contribution >= 0.6 is 23.4 Å². The lowest BCUT2D eigenvalue weighted by Gasteiger charge is -2.42. The second-order valence-corrected chi connectivity index (χ2v) is 12.4. The van der Waals surface area contributed by atoms with E-state index in [4.69, 9.17) is 11.6 Å². The fourth-order valence-electron chi connectivity index (χ4n) is 5.37. The van der Waals surface area contributed by atoms with Gasteiger partial charge in [0.25, 0.3) is 5.92 Å². The van der Waals surface area contributed by atoms with E-state index in [1.165, 1.54) is 36.2 Å². The number of pyridine rings is 1. The summed E-state index contributed by atoms with van der Waals surface area (Å²) in [6, 6.07) is 9.17. The van der Waals surface area contributed by atoms with E-state index >= 15 is 0 Å². The van der Waals surface area contributed by atoms with Gasteiger partial charge in [0.2, 0.25) is 5.91 Å². The number of thioether (sulfide) groups is 1. The minimum absolute atomic E-state index is 0.0684. The number of alkyl halides is 2. The molecule has 1 aromatic carbocycles. The molecule has 43 heavy (non-hydrogen) atoms. The maximum atomic E-state index is 14.5. The normalized spacial score (nSPS) is 21.7. The number of aliphatic hydroxyl groups excluding tert-OH is 2. The molecule has 9 nitrogen and oxygen atoms in total. The van der Waals surface area contributed by atoms with Crippen molar-refractivity contribution < 1.29 is 28.2 Å². The zero-order chi connectivity index (χ0) is 30.6. The van der Waals surface area contributed by atoms with E-state index < -0.39 is 24.3 Å². The summed E-state index contributed by atoms with van der Waals surface area (Å²) in [6.45, 7) is 0.460. The first-order chi connectivity index (χ1) is 20.6. The number of benzene rings is 1. The summed E-state index contributed by atoms with van der Waals surface area (Å²) in [7, 11) is 0. The largest absolute Gasteiger partial charge is 0.396 e. The van der Waals surface area contributed by atoms with E-state index in [0.717, 1.165) is 0 Å². The second kappa shape index (κ2) is 13.8. The van der Waals surface area contributed by atoms with Crippen LogP contribution in [0.15, 0.2) is 47.6 Å². The van der Waals surface area contributed by atoms with Gasteiger partial charge in [-0.25, -0.2) is 18.2 Å². The van der Waals surface area contributed by atoms with Crippen LogP contribution in [0.5, 0.6) is 0 Å². The Hall–Kier alpha value is -2.97. The van der Waals surface area contributed by atoms with Gasteiger partial charge in [0.1, 0.15) is 16.7 Å². The Kier molecular flexibility index (Phi) is 10.1. The standard InChI is InChI=1S/C29H32ClF3N6O3S/c30-20-1-2-23(31)22(11-20)24-13-25(28(38-37-24)43-8-7-40)35-21-3-5-34-26(12-21)36-27(42)18-9-17(10-18)14-39-6-4-29(32,33)19(15-39)16-41/h1-3,5,11-13,17-19,40-41H,4,6-10,14-16H2,(H2,34,35,36,37,42). The van der Waals surface area contributed by atoms with Gasteiger partial charge in [-0.05, 0) is 49.1 Å². The molecule has 1 aliphatic heterocycles. The number of aromatic nitrogens is 3. The van der Waals surface area contributed by atoms with E-state index in [0.29, 0.717) is 52.4 Å². The average molecular weight is 637 g/mol. The first-order valence-electron chi connectivity index (χ1n) is 14.0. The van der Waals surface area contributed by atoms with Gasteiger partial charge in [-0.3, -0.25) is 4.79 Å². The number of amides is 1. The Morgan fingerprint density at radius 3 is 2.74 bits per heavy atom. The maximum Gasteiger partial charge on any atom is 0.255 e. The van der Waals surface area contributed by atoms with Crippen LogP contribution in [0.4, 0.5) is 30.4 Å². The number of piperidine rings is 1. The lowest BCUT2D eigenvalue weighted by molar-refractivity contribution is -0.128. The van der Waals surface area contributed by atoms with Crippen LogP contribution in [0.25, 0.3) is 11.3 Å². The summed E-state index contributed by atoms with van der Waals surface area (Å²) in [5, 5.41) is 33.9. The van der Waals surface area contributed by atoms with E-state index in [9.17, 15) is 28.2 Å². The molecule has 1 unspecified atom stereocenters. The van der Waals surface area contributed by atoms with Gasteiger partial charge in [-0.2, -0.15) is 0 Å². The highest BCUT2D eigenvalue weighted by atomic mass is 35.5. The maximum absolute atomic E-state index is 14.5. The quantitative estimate of drug-likeness (QED) is 0.214. The third-order valence-corrected chi connectivity index (χ3v) is 8.96. The smallest absolute Gasteiger partial charge is 0.255 e. The molecule has 1 saturated heterocycles. The van der Waals surface area contributed by atoms with Crippen molar-refractivity contribution in [2.75, 3.05) is 49.2 Å². The number of anilines is 3. The van der Waals surface area contributed by atoms with Gasteiger partial charge >= 0.3 is 0 Å². The number of hydrogen-bond donors (Lipinski definition) is 4. The second-order valence-electron chi connectivity index (χ2n) is 10.9. The molecule has 1 saturated carbocycles. The van der Waals surface area contributed by atoms with Crippen molar-refractivity contribution in [2.45, 2.75) is 30.2 Å². The van der Waals surface area contributed by atoms with Crippen molar-refractivity contribution in [3.05, 3.63) is 53.4 Å². The van der Waals surface area contributed by atoms with Crippen LogP contribution in [0.1, 0.15) is 19.3 Å². The number of nitrogens with one attached hydrogen (secondary N) is 2. The number of carbonyl (C=O) groups excluding carboxylic acids is 1. The summed E-state index contributed by atoms with van der Waals surface area (Å²) in [4.78, 5) is 19.1. The van der Waals surface area contributed by atoms with Crippen LogP contribution in [-0.2, 0) is 4.79 Å². The van der Waals surface area contributed by atoms with Crippen LogP contribution in [0, 0.1) is 23.6 Å². The van der Waals surface area contributed by atoms with Gasteiger partial charge in [-0.15, -0.1) is 22.0 Å². The average Bonchev–Trinajstić information content (AvgIpc) is 2.96. The first-order valence-corrected chi connectivity index (χ1v) is 15.3. The van der Waals surface area contributed by atoms with Crippen LogP contribution < -0.4 is 10.6 Å². The monoisotopic (exact) mass is 636 g/mol. The number of nitrogens with zero attached hydrogens (tertiary/aromatic N) is 4. The van der Waals surface area contributed by atoms with Crippen molar-refractivity contribution in [3.63, 3.8) is 0 Å². The van der Waals surface area contributed by atoms with Crippen molar-refractivity contribution in [3.8, 4) is 11.3 Å². The van der Waals surface area contributed by atoms with Gasteiger partial charge in [0.15, 0.2) is 0 Å². The van der Waals surface area contributed by atoms with Crippen LogP contribution in [-0.4, -0.2) is 80.7 Å². The summed E-state index contributed by atoms with van der Waals surface area (Å²) < 4.78 is 42.3. The third-order valence-electron chi connectivity index (χ3n) is 7.77. The molecule has 2 aromatic heterocycles. The predicted octanol–water partition coefficient (Wildman–Crippen LogP) is 5.07. The third kappa shape index (κ3) is 7.76. The number of rotatable bonds is 11. The van der Waals surface area contributed by atoms with E-state index in [1.807, 2.05) is 4.90 Å². The van der Waals surface area contributed by atoms with Crippen molar-refractivity contribution in [1.29, 1.82) is 0 Å². The number of aliphatic hydroxyl groups is 2. The minimum atomic E-state index is -2.84. The van der Waals surface area contributed by atoms with E-state index in [-0.39, 0.29) is 55.1 Å². The number of halogens is 4. The Labute approximate surface area is 256 Å². The molecule has 0 bridgehead atoms. The number of hydrogen-bond acceptors (Lipinski definition) is 9. The molecule has 14 heteroatoms. The lowest BCUT2D eigenvalue weighted by atomic mass is 9.74. The van der Waals surface area contributed by atoms with Gasteiger partial charge < -0.3 is 25.7 Å². The molecule has 4 N–H and O–H groups in total. The molecule has 1 amide bonds. The Bertz CT molecular complexity index is 1450. The van der Waals surface area contributed by atoms with Gasteiger partial charge in [-0.1, -0.05) is 11.6 Å². The molecule has 2 aliphatic rings. The Morgan fingerprint density at radius 1 is 1.16 bits per heavy atom. The summed E-state index contributed by atoms with van der Waals surface area (Å²) in [5.74, 6) is -3.81. The van der Waals surface area contributed by atoms with Crippen molar-refractivity contribution in [1.82, 2.24) is 20.1 Å². The van der Waals surface area contributed by atoms with Crippen molar-refractivity contribution in [2.24, 2.45) is 17.8 Å². The fourth-order valence-corrected chi connectivity index (χ4v) is 6.19. The highest BCUT2D eigenvalue weighted by molar-refractivity contribution is 7.99. The summed E-state index contributed by atoms with van der Waals surface area (Å²) >= 11 is 7.34. The molecule has 3 heterocycles. The highest BCUT2D eigenvalue weighted by Gasteiger charge is 2.45.